The Morgan fingerprint density at radius 2 is 1.50 bits per heavy atom. The van der Waals surface area contributed by atoms with Gasteiger partial charge in [0.1, 0.15) is 5.75 Å². The fraction of sp³-hybridized carbons (Fsp3) is 0.143. The topological polar surface area (TPSA) is 96.2 Å². The van der Waals surface area contributed by atoms with Gasteiger partial charge in [0.2, 0.25) is 0 Å². The highest BCUT2D eigenvalue weighted by atomic mass is 31.2. The molecule has 0 spiro atoms. The quantitative estimate of drug-likeness (QED) is 0.670. The molecule has 2 aromatic rings. The van der Waals surface area contributed by atoms with Gasteiger partial charge in [-0.3, -0.25) is 0 Å². The number of hydrogen-bond donors (Lipinski definition) is 3. The summed E-state index contributed by atoms with van der Waals surface area (Å²) in [5.74, 6) is 0.757. The second kappa shape index (κ2) is 8.18. The number of hydrogen-bond acceptors (Lipinski definition) is 5. The zero-order valence-electron chi connectivity index (χ0n) is 11.5. The minimum Gasteiger partial charge on any atom is -0.427 e. The summed E-state index contributed by atoms with van der Waals surface area (Å²) in [6, 6.07) is 14.1. The van der Waals surface area contributed by atoms with Gasteiger partial charge < -0.3 is 14.3 Å². The maximum Gasteiger partial charge on any atom is 0.747 e. The minimum atomic E-state index is -2.67. The molecule has 1 atom stereocenters. The van der Waals surface area contributed by atoms with E-state index in [0.717, 1.165) is 11.1 Å². The average Bonchev–Trinajstić information content (AvgIpc) is 2.44. The fourth-order valence-corrected chi connectivity index (χ4v) is 2.58. The monoisotopic (exact) mass is 341 g/mol. The molecule has 0 heterocycles. The lowest BCUT2D eigenvalue weighted by molar-refractivity contribution is 0.375. The van der Waals surface area contributed by atoms with Crippen LogP contribution in [0, 0.1) is 0 Å². The van der Waals surface area contributed by atoms with E-state index < -0.39 is 16.9 Å². The van der Waals surface area contributed by atoms with E-state index in [0.29, 0.717) is 24.3 Å². The molecule has 8 heteroatoms. The Morgan fingerprint density at radius 1 is 0.955 bits per heavy atom. The first-order valence-electron chi connectivity index (χ1n) is 6.41. The molecule has 0 aliphatic heterocycles. The Kier molecular flexibility index (Phi) is 6.25. The third-order valence-electron chi connectivity index (χ3n) is 2.87. The van der Waals surface area contributed by atoms with Crippen LogP contribution in [0.15, 0.2) is 48.5 Å². The van der Waals surface area contributed by atoms with Crippen molar-refractivity contribution < 1.29 is 28.3 Å². The van der Waals surface area contributed by atoms with Gasteiger partial charge in [-0.05, 0) is 48.2 Å². The van der Waals surface area contributed by atoms with Gasteiger partial charge in [-0.1, -0.05) is 24.3 Å². The first-order valence-corrected chi connectivity index (χ1v) is 8.70. The highest BCUT2D eigenvalue weighted by Gasteiger charge is 2.14. The van der Waals surface area contributed by atoms with E-state index in [1.807, 2.05) is 12.1 Å². The third-order valence-corrected chi connectivity index (χ3v) is 3.61. The van der Waals surface area contributed by atoms with Crippen molar-refractivity contribution in [2.75, 3.05) is 0 Å². The third kappa shape index (κ3) is 5.68. The minimum absolute atomic E-state index is 0.351. The van der Waals surface area contributed by atoms with E-state index in [-0.39, 0.29) is 0 Å². The van der Waals surface area contributed by atoms with Gasteiger partial charge in [0, 0.05) is 4.57 Å². The van der Waals surface area contributed by atoms with Crippen molar-refractivity contribution in [2.24, 2.45) is 0 Å². The molecule has 2 aromatic carbocycles. The molecule has 2 rings (SSSR count). The van der Waals surface area contributed by atoms with Crippen molar-refractivity contribution in [2.45, 2.75) is 12.8 Å². The van der Waals surface area contributed by atoms with E-state index in [1.165, 1.54) is 0 Å². The zero-order chi connectivity index (χ0) is 15.9. The second-order valence-electron chi connectivity index (χ2n) is 4.47. The fourth-order valence-electron chi connectivity index (χ4n) is 1.99. The first-order chi connectivity index (χ1) is 10.5. The van der Waals surface area contributed by atoms with Crippen molar-refractivity contribution >= 4 is 16.9 Å². The summed E-state index contributed by atoms with van der Waals surface area (Å²) in [6.07, 6.45) is 1.41. The van der Waals surface area contributed by atoms with Crippen LogP contribution in [-0.2, 0) is 17.4 Å². The van der Waals surface area contributed by atoms with Crippen molar-refractivity contribution in [1.82, 2.24) is 0 Å². The Bertz CT molecular complexity index is 647. The van der Waals surface area contributed by atoms with Crippen LogP contribution in [0.1, 0.15) is 11.1 Å². The second-order valence-corrected chi connectivity index (χ2v) is 5.81. The predicted molar refractivity (Wildman–Crippen MR) is 82.7 cm³/mol. The Labute approximate surface area is 129 Å². The van der Waals surface area contributed by atoms with Crippen molar-refractivity contribution in [3.63, 3.8) is 0 Å². The van der Waals surface area contributed by atoms with Crippen molar-refractivity contribution in [1.29, 1.82) is 0 Å². The van der Waals surface area contributed by atoms with Crippen LogP contribution in [-0.4, -0.2) is 14.7 Å². The maximum atomic E-state index is 10.7. The SMILES string of the molecule is O=[P+](O)Oc1cccc(CCc2cccc(OP(O)O)c2)c1. The summed E-state index contributed by atoms with van der Waals surface area (Å²) in [4.78, 5) is 26.4. The molecule has 22 heavy (non-hydrogen) atoms. The highest BCUT2D eigenvalue weighted by molar-refractivity contribution is 7.39. The van der Waals surface area contributed by atoms with E-state index in [9.17, 15) is 4.57 Å². The Morgan fingerprint density at radius 3 is 2.05 bits per heavy atom. The molecule has 0 saturated heterocycles. The molecule has 0 saturated carbocycles. The Hall–Kier alpha value is -1.55. The molecule has 0 amide bonds. The predicted octanol–water partition coefficient (Wildman–Crippen LogP) is 3.09. The van der Waals surface area contributed by atoms with E-state index in [2.05, 4.69) is 0 Å². The van der Waals surface area contributed by atoms with Crippen molar-refractivity contribution in [3.05, 3.63) is 59.7 Å². The zero-order valence-corrected chi connectivity index (χ0v) is 13.3. The van der Waals surface area contributed by atoms with E-state index in [4.69, 9.17) is 23.7 Å². The molecule has 1 unspecified atom stereocenters. The van der Waals surface area contributed by atoms with Crippen LogP contribution in [0.5, 0.6) is 11.5 Å². The van der Waals surface area contributed by atoms with Gasteiger partial charge in [-0.15, -0.1) is 4.89 Å². The molecule has 0 aliphatic carbocycles. The number of rotatable bonds is 7. The molecule has 0 bridgehead atoms. The van der Waals surface area contributed by atoms with E-state index in [1.54, 1.807) is 36.4 Å². The molecule has 3 N–H and O–H groups in total. The van der Waals surface area contributed by atoms with Crippen LogP contribution in [0.4, 0.5) is 0 Å². The molecule has 0 fully saturated rings. The van der Waals surface area contributed by atoms with Gasteiger partial charge in [-0.25, -0.2) is 4.52 Å². The summed E-state index contributed by atoms with van der Waals surface area (Å²) in [5.41, 5.74) is 1.95. The molecule has 6 nitrogen and oxygen atoms in total. The van der Waals surface area contributed by atoms with Crippen LogP contribution in [0.25, 0.3) is 0 Å². The lowest BCUT2D eigenvalue weighted by atomic mass is 10.0. The lowest BCUT2D eigenvalue weighted by Crippen LogP contribution is -1.93. The standard InChI is InChI=1S/C14H14O6P2/c15-21(16)19-13-5-1-3-11(9-13)7-8-12-4-2-6-14(10-12)20-22(17)18/h1-6,9-10,15-16H,7-8H2/p+1. The molecule has 116 valence electrons. The summed E-state index contributed by atoms with van der Waals surface area (Å²) in [5, 5.41) is 0. The van der Waals surface area contributed by atoms with Crippen molar-refractivity contribution in [3.8, 4) is 11.5 Å². The molecule has 0 aromatic heterocycles. The van der Waals surface area contributed by atoms with Gasteiger partial charge in [0.15, 0.2) is 5.75 Å². The van der Waals surface area contributed by atoms with Gasteiger partial charge in [-0.2, -0.15) is 0 Å². The smallest absolute Gasteiger partial charge is 0.427 e. The van der Waals surface area contributed by atoms with Gasteiger partial charge in [0.05, 0.1) is 0 Å². The van der Waals surface area contributed by atoms with Gasteiger partial charge >= 0.3 is 16.9 Å². The van der Waals surface area contributed by atoms with Crippen LogP contribution in [0.2, 0.25) is 0 Å². The first kappa shape index (κ1) is 16.8. The highest BCUT2D eigenvalue weighted by Crippen LogP contribution is 2.29. The largest absolute Gasteiger partial charge is 0.747 e. The normalized spacial score (nSPS) is 11.4. The van der Waals surface area contributed by atoms with Gasteiger partial charge in [0.25, 0.3) is 0 Å². The summed E-state index contributed by atoms with van der Waals surface area (Å²) < 4.78 is 20.3. The van der Waals surface area contributed by atoms with Crippen LogP contribution < -0.4 is 9.05 Å². The number of aryl methyl sites for hydroxylation is 2. The molecular weight excluding hydrogens is 326 g/mol. The molecular formula is C14H15O6P2+. The van der Waals surface area contributed by atoms with Crippen LogP contribution >= 0.6 is 16.9 Å². The average molecular weight is 341 g/mol. The summed E-state index contributed by atoms with van der Waals surface area (Å²) in [6.45, 7) is 0. The maximum absolute atomic E-state index is 10.7. The lowest BCUT2D eigenvalue weighted by Gasteiger charge is -2.07. The summed E-state index contributed by atoms with van der Waals surface area (Å²) >= 11 is 0. The van der Waals surface area contributed by atoms with Crippen LogP contribution in [0.3, 0.4) is 0 Å². The molecule has 0 radical (unpaired) electrons. The van der Waals surface area contributed by atoms with E-state index >= 15 is 0 Å². The summed E-state index contributed by atoms with van der Waals surface area (Å²) in [7, 11) is -5.09. The molecule has 0 aliphatic rings. The number of benzene rings is 2. The Balaban J connectivity index is 1.99.